The molecule has 3 aromatic rings. The third-order valence-corrected chi connectivity index (χ3v) is 3.82. The highest BCUT2D eigenvalue weighted by atomic mass is 16.3. The van der Waals surface area contributed by atoms with Crippen LogP contribution in [-0.4, -0.2) is 26.0 Å². The molecule has 0 aliphatic rings. The van der Waals surface area contributed by atoms with Gasteiger partial charge in [-0.15, -0.1) is 0 Å². The molecule has 2 aromatic carbocycles. The van der Waals surface area contributed by atoms with Gasteiger partial charge in [0.15, 0.2) is 0 Å². The van der Waals surface area contributed by atoms with Gasteiger partial charge >= 0.3 is 5.69 Å². The molecule has 0 fully saturated rings. The molecule has 122 valence electrons. The zero-order chi connectivity index (χ0) is 16.9. The molecule has 0 bridgehead atoms. The molecule has 0 saturated heterocycles. The van der Waals surface area contributed by atoms with Crippen molar-refractivity contribution in [2.75, 3.05) is 0 Å². The van der Waals surface area contributed by atoms with Crippen LogP contribution in [0.3, 0.4) is 0 Å². The molecule has 24 heavy (non-hydrogen) atoms. The Balaban J connectivity index is 2.18. The Morgan fingerprint density at radius 1 is 0.958 bits per heavy atom. The molecule has 0 spiro atoms. The fourth-order valence-corrected chi connectivity index (χ4v) is 2.45. The summed E-state index contributed by atoms with van der Waals surface area (Å²) in [6, 6.07) is 19.2. The van der Waals surface area contributed by atoms with E-state index in [4.69, 9.17) is 0 Å². The molecule has 0 saturated carbocycles. The number of nitrogens with zero attached hydrogens (tertiary/aromatic N) is 3. The van der Waals surface area contributed by atoms with Crippen LogP contribution >= 0.6 is 0 Å². The van der Waals surface area contributed by atoms with E-state index in [2.05, 4.69) is 10.1 Å². The second-order valence-electron chi connectivity index (χ2n) is 5.57. The molecule has 0 radical (unpaired) electrons. The Hall–Kier alpha value is -2.79. The molecule has 0 unspecified atom stereocenters. The Morgan fingerprint density at radius 3 is 2.04 bits per heavy atom. The zero-order valence-corrected chi connectivity index (χ0v) is 13.5. The molecule has 1 atom stereocenters. The number of hydrogen-bond donors (Lipinski definition) is 1. The number of hydrogen-bond acceptors (Lipinski definition) is 4. The van der Waals surface area contributed by atoms with Gasteiger partial charge in [0.2, 0.25) is 0 Å². The topological polar surface area (TPSA) is 68.0 Å². The van der Waals surface area contributed by atoms with E-state index >= 15 is 0 Å². The molecular weight excluding hydrogens is 302 g/mol. The van der Waals surface area contributed by atoms with Crippen LogP contribution in [0.15, 0.2) is 65.5 Å². The summed E-state index contributed by atoms with van der Waals surface area (Å²) in [6.07, 6.45) is -0.0712. The molecular formula is C19H19N3O2. The summed E-state index contributed by atoms with van der Waals surface area (Å²) >= 11 is 0. The average Bonchev–Trinajstić information content (AvgIpc) is 2.64. The van der Waals surface area contributed by atoms with Crippen LogP contribution in [0, 0.1) is 0 Å². The maximum absolute atomic E-state index is 12.3. The van der Waals surface area contributed by atoms with Crippen molar-refractivity contribution in [2.24, 2.45) is 0 Å². The van der Waals surface area contributed by atoms with Gasteiger partial charge in [0.25, 0.3) is 0 Å². The molecule has 0 aliphatic carbocycles. The summed E-state index contributed by atoms with van der Waals surface area (Å²) < 4.78 is 1.24. The van der Waals surface area contributed by atoms with Gasteiger partial charge in [-0.2, -0.15) is 10.1 Å². The van der Waals surface area contributed by atoms with Crippen molar-refractivity contribution in [3.8, 4) is 22.5 Å². The van der Waals surface area contributed by atoms with E-state index in [1.165, 1.54) is 4.68 Å². The zero-order valence-electron chi connectivity index (χ0n) is 13.5. The van der Waals surface area contributed by atoms with Crippen molar-refractivity contribution < 1.29 is 5.11 Å². The van der Waals surface area contributed by atoms with Crippen molar-refractivity contribution in [3.63, 3.8) is 0 Å². The van der Waals surface area contributed by atoms with Gasteiger partial charge in [0.1, 0.15) is 11.4 Å². The molecule has 1 N–H and O–H groups in total. The number of aliphatic hydroxyl groups excluding tert-OH is 1. The van der Waals surface area contributed by atoms with E-state index in [1.807, 2.05) is 67.6 Å². The van der Waals surface area contributed by atoms with Crippen molar-refractivity contribution in [1.29, 1.82) is 0 Å². The van der Waals surface area contributed by atoms with Crippen LogP contribution in [0.2, 0.25) is 0 Å². The summed E-state index contributed by atoms with van der Waals surface area (Å²) in [5.41, 5.74) is 2.44. The summed E-state index contributed by atoms with van der Waals surface area (Å²) in [6.45, 7) is 2.00. The maximum atomic E-state index is 12.3. The van der Waals surface area contributed by atoms with Crippen molar-refractivity contribution in [1.82, 2.24) is 14.8 Å². The Labute approximate surface area is 140 Å². The quantitative estimate of drug-likeness (QED) is 0.784. The lowest BCUT2D eigenvalue weighted by Gasteiger charge is -2.13. The van der Waals surface area contributed by atoms with E-state index in [0.29, 0.717) is 17.8 Å². The first kappa shape index (κ1) is 16.1. The van der Waals surface area contributed by atoms with Crippen molar-refractivity contribution in [3.05, 3.63) is 71.1 Å². The lowest BCUT2D eigenvalue weighted by molar-refractivity contribution is 0.142. The first-order valence-electron chi connectivity index (χ1n) is 7.97. The van der Waals surface area contributed by atoms with Gasteiger partial charge in [-0.25, -0.2) is 9.48 Å². The second-order valence-corrected chi connectivity index (χ2v) is 5.57. The third-order valence-electron chi connectivity index (χ3n) is 3.82. The van der Waals surface area contributed by atoms with Crippen LogP contribution in [0.1, 0.15) is 13.3 Å². The SMILES string of the molecule is CC[C@H](O)Cn1nc(-c2ccccc2)c(-c2ccccc2)nc1=O. The monoisotopic (exact) mass is 321 g/mol. The van der Waals surface area contributed by atoms with Gasteiger partial charge in [-0.05, 0) is 6.42 Å². The van der Waals surface area contributed by atoms with E-state index in [1.54, 1.807) is 0 Å². The Bertz CT molecular complexity index is 861. The predicted molar refractivity (Wildman–Crippen MR) is 93.5 cm³/mol. The van der Waals surface area contributed by atoms with E-state index in [-0.39, 0.29) is 6.54 Å². The van der Waals surface area contributed by atoms with Gasteiger partial charge in [0.05, 0.1) is 12.6 Å². The molecule has 5 nitrogen and oxygen atoms in total. The molecule has 5 heteroatoms. The molecule has 0 amide bonds. The van der Waals surface area contributed by atoms with Gasteiger partial charge in [-0.3, -0.25) is 0 Å². The predicted octanol–water partition coefficient (Wildman–Crippen LogP) is 2.74. The Morgan fingerprint density at radius 2 is 1.50 bits per heavy atom. The normalized spacial score (nSPS) is 12.1. The van der Waals surface area contributed by atoms with E-state index < -0.39 is 11.8 Å². The lowest BCUT2D eigenvalue weighted by Crippen LogP contribution is -2.31. The van der Waals surface area contributed by atoms with Crippen molar-refractivity contribution >= 4 is 0 Å². The van der Waals surface area contributed by atoms with Crippen LogP contribution in [0.25, 0.3) is 22.5 Å². The lowest BCUT2D eigenvalue weighted by atomic mass is 10.0. The van der Waals surface area contributed by atoms with Crippen LogP contribution in [-0.2, 0) is 6.54 Å². The van der Waals surface area contributed by atoms with Crippen molar-refractivity contribution in [2.45, 2.75) is 26.0 Å². The third kappa shape index (κ3) is 3.41. The number of aromatic nitrogens is 3. The first-order chi connectivity index (χ1) is 11.7. The largest absolute Gasteiger partial charge is 0.391 e. The van der Waals surface area contributed by atoms with Gasteiger partial charge in [-0.1, -0.05) is 67.6 Å². The smallest absolute Gasteiger partial charge is 0.364 e. The number of rotatable bonds is 5. The molecule has 0 aliphatic heterocycles. The minimum atomic E-state index is -0.622. The van der Waals surface area contributed by atoms with E-state index in [0.717, 1.165) is 11.1 Å². The number of aliphatic hydroxyl groups is 1. The van der Waals surface area contributed by atoms with Crippen LogP contribution in [0.5, 0.6) is 0 Å². The molecule has 3 rings (SSSR count). The van der Waals surface area contributed by atoms with Crippen LogP contribution in [0.4, 0.5) is 0 Å². The van der Waals surface area contributed by atoms with Gasteiger partial charge < -0.3 is 5.11 Å². The summed E-state index contributed by atoms with van der Waals surface area (Å²) in [5, 5.41) is 14.3. The number of benzene rings is 2. The highest BCUT2D eigenvalue weighted by Gasteiger charge is 2.15. The minimum Gasteiger partial charge on any atom is -0.391 e. The highest BCUT2D eigenvalue weighted by molar-refractivity contribution is 5.77. The van der Waals surface area contributed by atoms with E-state index in [9.17, 15) is 9.90 Å². The standard InChI is InChI=1S/C19H19N3O2/c1-2-16(23)13-22-19(24)20-17(14-9-5-3-6-10-14)18(21-22)15-11-7-4-8-12-15/h3-12,16,23H,2,13H2,1H3/t16-/m0/s1. The van der Waals surface area contributed by atoms with Gasteiger partial charge in [0, 0.05) is 11.1 Å². The highest BCUT2D eigenvalue weighted by Crippen LogP contribution is 2.27. The average molecular weight is 321 g/mol. The summed E-state index contributed by atoms with van der Waals surface area (Å²) in [7, 11) is 0. The second kappa shape index (κ2) is 7.19. The summed E-state index contributed by atoms with van der Waals surface area (Å²) in [4.78, 5) is 16.6. The molecule has 1 heterocycles. The minimum absolute atomic E-state index is 0.136. The fourth-order valence-electron chi connectivity index (χ4n) is 2.45. The fraction of sp³-hybridized carbons (Fsp3) is 0.211. The first-order valence-corrected chi connectivity index (χ1v) is 7.97. The maximum Gasteiger partial charge on any atom is 0.364 e. The molecule has 1 aromatic heterocycles. The summed E-state index contributed by atoms with van der Waals surface area (Å²) in [5.74, 6) is 0. The van der Waals surface area contributed by atoms with Crippen LogP contribution < -0.4 is 5.69 Å². The Kier molecular flexibility index (Phi) is 4.82.